The fourth-order valence-electron chi connectivity index (χ4n) is 2.25. The Balaban J connectivity index is 2.33. The first-order valence-corrected chi connectivity index (χ1v) is 7.98. The number of aromatic carboxylic acids is 1. The summed E-state index contributed by atoms with van der Waals surface area (Å²) < 4.78 is 40.1. The van der Waals surface area contributed by atoms with Gasteiger partial charge < -0.3 is 10.0 Å². The van der Waals surface area contributed by atoms with Crippen LogP contribution in [0.3, 0.4) is 0 Å². The summed E-state index contributed by atoms with van der Waals surface area (Å²) in [6.45, 7) is 1.98. The van der Waals surface area contributed by atoms with Crippen LogP contribution in [-0.4, -0.2) is 61.9 Å². The normalized spacial score (nSPS) is 18.4. The van der Waals surface area contributed by atoms with E-state index in [1.165, 1.54) is 4.31 Å². The van der Waals surface area contributed by atoms with Crippen LogP contribution in [0.25, 0.3) is 0 Å². The van der Waals surface area contributed by atoms with Crippen molar-refractivity contribution in [2.45, 2.75) is 11.3 Å². The van der Waals surface area contributed by atoms with Gasteiger partial charge in [0.2, 0.25) is 10.0 Å². The Hall–Kier alpha value is -1.51. The molecule has 0 radical (unpaired) electrons. The van der Waals surface area contributed by atoms with Gasteiger partial charge in [0.25, 0.3) is 0 Å². The number of benzene rings is 1. The lowest BCUT2D eigenvalue weighted by Gasteiger charge is -2.20. The molecule has 0 unspecified atom stereocenters. The predicted octanol–water partition coefficient (Wildman–Crippen LogP) is 0.850. The Kier molecular flexibility index (Phi) is 4.60. The third kappa shape index (κ3) is 3.39. The summed E-state index contributed by atoms with van der Waals surface area (Å²) in [6, 6.07) is 2.85. The lowest BCUT2D eigenvalue weighted by molar-refractivity contribution is 0.0696. The molecule has 0 amide bonds. The van der Waals surface area contributed by atoms with Crippen LogP contribution in [0.2, 0.25) is 0 Å². The van der Waals surface area contributed by atoms with Gasteiger partial charge in [-0.2, -0.15) is 4.31 Å². The largest absolute Gasteiger partial charge is 0.478 e. The third-order valence-electron chi connectivity index (χ3n) is 3.48. The second-order valence-electron chi connectivity index (χ2n) is 5.01. The monoisotopic (exact) mass is 316 g/mol. The molecule has 0 bridgehead atoms. The minimum atomic E-state index is -3.94. The molecule has 0 spiro atoms. The predicted molar refractivity (Wildman–Crippen MR) is 74.2 cm³/mol. The zero-order valence-corrected chi connectivity index (χ0v) is 12.4. The molecule has 0 aliphatic carbocycles. The second kappa shape index (κ2) is 6.08. The van der Waals surface area contributed by atoms with E-state index in [2.05, 4.69) is 0 Å². The van der Waals surface area contributed by atoms with Crippen LogP contribution in [-0.2, 0) is 10.0 Å². The molecule has 1 N–H and O–H groups in total. The highest BCUT2D eigenvalue weighted by Crippen LogP contribution is 2.21. The first-order chi connectivity index (χ1) is 9.82. The number of carboxylic acids is 1. The van der Waals surface area contributed by atoms with Gasteiger partial charge in [-0.1, -0.05) is 0 Å². The van der Waals surface area contributed by atoms with Crippen molar-refractivity contribution in [1.29, 1.82) is 0 Å². The van der Waals surface area contributed by atoms with Crippen molar-refractivity contribution < 1.29 is 22.7 Å². The van der Waals surface area contributed by atoms with E-state index in [0.29, 0.717) is 26.1 Å². The number of rotatable bonds is 3. The van der Waals surface area contributed by atoms with E-state index in [9.17, 15) is 17.6 Å². The van der Waals surface area contributed by atoms with Gasteiger partial charge in [-0.3, -0.25) is 0 Å². The number of hydrogen-bond acceptors (Lipinski definition) is 4. The summed E-state index contributed by atoms with van der Waals surface area (Å²) in [4.78, 5) is 12.3. The van der Waals surface area contributed by atoms with Crippen LogP contribution < -0.4 is 0 Å². The number of halogens is 1. The fourth-order valence-corrected chi connectivity index (χ4v) is 3.76. The SMILES string of the molecule is CN1CCCN(S(=O)(=O)c2ccc(C(=O)O)cc2F)CC1. The van der Waals surface area contributed by atoms with Gasteiger partial charge in [-0.25, -0.2) is 17.6 Å². The summed E-state index contributed by atoms with van der Waals surface area (Å²) in [5.74, 6) is -2.33. The van der Waals surface area contributed by atoms with E-state index in [1.54, 1.807) is 0 Å². The molecule has 8 heteroatoms. The fraction of sp³-hybridized carbons (Fsp3) is 0.462. The molecular weight excluding hydrogens is 299 g/mol. The second-order valence-corrected chi connectivity index (χ2v) is 6.92. The maximum Gasteiger partial charge on any atom is 0.335 e. The summed E-state index contributed by atoms with van der Waals surface area (Å²) in [5.41, 5.74) is -0.276. The third-order valence-corrected chi connectivity index (χ3v) is 5.41. The molecule has 1 aromatic carbocycles. The van der Waals surface area contributed by atoms with Gasteiger partial charge in [0, 0.05) is 19.6 Å². The number of hydrogen-bond donors (Lipinski definition) is 1. The van der Waals surface area contributed by atoms with E-state index >= 15 is 0 Å². The van der Waals surface area contributed by atoms with Gasteiger partial charge in [-0.15, -0.1) is 0 Å². The van der Waals surface area contributed by atoms with Gasteiger partial charge in [0.1, 0.15) is 10.7 Å². The standard InChI is InChI=1S/C13H17FN2O4S/c1-15-5-2-6-16(8-7-15)21(19,20)12-4-3-10(13(17)18)9-11(12)14/h3-4,9H,2,5-8H2,1H3,(H,17,18). The van der Waals surface area contributed by atoms with Crippen molar-refractivity contribution >= 4 is 16.0 Å². The summed E-state index contributed by atoms with van der Waals surface area (Å²) in [7, 11) is -2.04. The average Bonchev–Trinajstić information content (AvgIpc) is 2.63. The van der Waals surface area contributed by atoms with Crippen molar-refractivity contribution in [2.24, 2.45) is 0 Å². The Morgan fingerprint density at radius 2 is 1.95 bits per heavy atom. The molecule has 21 heavy (non-hydrogen) atoms. The Morgan fingerprint density at radius 3 is 2.57 bits per heavy atom. The van der Waals surface area contributed by atoms with Gasteiger partial charge >= 0.3 is 5.97 Å². The smallest absolute Gasteiger partial charge is 0.335 e. The van der Waals surface area contributed by atoms with E-state index < -0.39 is 26.7 Å². The number of carboxylic acid groups (broad SMARTS) is 1. The molecule has 1 saturated heterocycles. The van der Waals surface area contributed by atoms with Crippen molar-refractivity contribution in [2.75, 3.05) is 33.2 Å². The molecule has 1 aliphatic rings. The maximum absolute atomic E-state index is 14.0. The minimum absolute atomic E-state index is 0.276. The minimum Gasteiger partial charge on any atom is -0.478 e. The highest BCUT2D eigenvalue weighted by atomic mass is 32.2. The highest BCUT2D eigenvalue weighted by molar-refractivity contribution is 7.89. The Bertz CT molecular complexity index is 648. The van der Waals surface area contributed by atoms with Crippen molar-refractivity contribution in [1.82, 2.24) is 9.21 Å². The molecule has 0 aromatic heterocycles. The van der Waals surface area contributed by atoms with Gasteiger partial charge in [0.15, 0.2) is 0 Å². The van der Waals surface area contributed by atoms with E-state index in [1.807, 2.05) is 11.9 Å². The molecule has 116 valence electrons. The molecule has 2 rings (SSSR count). The first kappa shape index (κ1) is 15.9. The lowest BCUT2D eigenvalue weighted by Crippen LogP contribution is -2.35. The summed E-state index contributed by atoms with van der Waals surface area (Å²) in [5, 5.41) is 8.79. The zero-order valence-electron chi connectivity index (χ0n) is 11.6. The van der Waals surface area contributed by atoms with Crippen molar-refractivity contribution in [3.05, 3.63) is 29.6 Å². The number of carbonyl (C=O) groups is 1. The molecule has 0 saturated carbocycles. The lowest BCUT2D eigenvalue weighted by atomic mass is 10.2. The van der Waals surface area contributed by atoms with Gasteiger partial charge in [-0.05, 0) is 38.2 Å². The quantitative estimate of drug-likeness (QED) is 0.894. The highest BCUT2D eigenvalue weighted by Gasteiger charge is 2.29. The average molecular weight is 316 g/mol. The van der Waals surface area contributed by atoms with Crippen LogP contribution in [0.1, 0.15) is 16.8 Å². The molecule has 1 fully saturated rings. The maximum atomic E-state index is 14.0. The molecule has 6 nitrogen and oxygen atoms in total. The number of likely N-dealkylation sites (N-methyl/N-ethyl adjacent to an activating group) is 1. The number of sulfonamides is 1. The molecule has 1 aliphatic heterocycles. The first-order valence-electron chi connectivity index (χ1n) is 6.54. The molecule has 1 heterocycles. The molecule has 0 atom stereocenters. The summed E-state index contributed by atoms with van der Waals surface area (Å²) in [6.07, 6.45) is 0.671. The summed E-state index contributed by atoms with van der Waals surface area (Å²) >= 11 is 0. The molecular formula is C13H17FN2O4S. The van der Waals surface area contributed by atoms with E-state index in [0.717, 1.165) is 24.7 Å². The Labute approximate surface area is 122 Å². The van der Waals surface area contributed by atoms with Crippen LogP contribution in [0, 0.1) is 5.82 Å². The van der Waals surface area contributed by atoms with Crippen molar-refractivity contribution in [3.63, 3.8) is 0 Å². The molecule has 1 aromatic rings. The van der Waals surface area contributed by atoms with E-state index in [-0.39, 0.29) is 5.56 Å². The van der Waals surface area contributed by atoms with Gasteiger partial charge in [0.05, 0.1) is 5.56 Å². The number of nitrogens with zero attached hydrogens (tertiary/aromatic N) is 2. The van der Waals surface area contributed by atoms with Crippen molar-refractivity contribution in [3.8, 4) is 0 Å². The van der Waals surface area contributed by atoms with Crippen LogP contribution >= 0.6 is 0 Å². The van der Waals surface area contributed by atoms with Crippen LogP contribution in [0.15, 0.2) is 23.1 Å². The zero-order chi connectivity index (χ0) is 15.6. The van der Waals surface area contributed by atoms with Crippen LogP contribution in [0.5, 0.6) is 0 Å². The van der Waals surface area contributed by atoms with E-state index in [4.69, 9.17) is 5.11 Å². The Morgan fingerprint density at radius 1 is 1.24 bits per heavy atom. The topological polar surface area (TPSA) is 77.9 Å². The van der Waals surface area contributed by atoms with Crippen LogP contribution in [0.4, 0.5) is 4.39 Å².